The zero-order valence-corrected chi connectivity index (χ0v) is 11.1. The van der Waals surface area contributed by atoms with Crippen molar-refractivity contribution >= 4 is 10.0 Å². The Kier molecular flexibility index (Phi) is 3.56. The molecule has 1 fully saturated rings. The van der Waals surface area contributed by atoms with E-state index >= 15 is 0 Å². The van der Waals surface area contributed by atoms with Gasteiger partial charge in [-0.1, -0.05) is 0 Å². The summed E-state index contributed by atoms with van der Waals surface area (Å²) in [6, 6.07) is 1.74. The van der Waals surface area contributed by atoms with Gasteiger partial charge in [-0.3, -0.25) is 0 Å². The lowest BCUT2D eigenvalue weighted by molar-refractivity contribution is 0.379. The van der Waals surface area contributed by atoms with Crippen LogP contribution >= 0.6 is 0 Å². The maximum atomic E-state index is 12.4. The summed E-state index contributed by atoms with van der Waals surface area (Å²) in [7, 11) is 0.364. The predicted octanol–water partition coefficient (Wildman–Crippen LogP) is 0.398. The minimum Gasteiger partial charge on any atom is -0.356 e. The zero-order valence-electron chi connectivity index (χ0n) is 10.3. The van der Waals surface area contributed by atoms with Gasteiger partial charge in [0.05, 0.1) is 4.90 Å². The summed E-state index contributed by atoms with van der Waals surface area (Å²) in [5.41, 5.74) is 0. The van der Waals surface area contributed by atoms with E-state index in [9.17, 15) is 8.42 Å². The standard InChI is InChI=1S/C11H19N3O2S/c1-12-8-10-4-3-6-14(10)17(15,16)11-5-7-13(2)9-11/h5,7,9-10,12H,3-4,6,8H2,1-2H3. The molecule has 1 N–H and O–H groups in total. The lowest BCUT2D eigenvalue weighted by Crippen LogP contribution is -2.40. The molecule has 0 aromatic carbocycles. The van der Waals surface area contributed by atoms with Crippen LogP contribution in [-0.2, 0) is 17.1 Å². The van der Waals surface area contributed by atoms with Crippen molar-refractivity contribution < 1.29 is 8.42 Å². The second kappa shape index (κ2) is 4.80. The highest BCUT2D eigenvalue weighted by molar-refractivity contribution is 7.89. The maximum Gasteiger partial charge on any atom is 0.244 e. The smallest absolute Gasteiger partial charge is 0.244 e. The Bertz CT molecular complexity index is 481. The third-order valence-electron chi connectivity index (χ3n) is 3.17. The molecule has 96 valence electrons. The molecule has 1 aromatic heterocycles. The molecular formula is C11H19N3O2S. The van der Waals surface area contributed by atoms with Crippen LogP contribution in [0.2, 0.25) is 0 Å². The molecule has 1 aromatic rings. The zero-order chi connectivity index (χ0) is 12.5. The van der Waals surface area contributed by atoms with Gasteiger partial charge in [-0.05, 0) is 26.0 Å². The van der Waals surface area contributed by atoms with E-state index in [0.717, 1.165) is 12.8 Å². The molecule has 0 spiro atoms. The molecule has 2 rings (SSSR count). The molecule has 0 saturated carbocycles. The van der Waals surface area contributed by atoms with Crippen molar-refractivity contribution in [1.29, 1.82) is 0 Å². The van der Waals surface area contributed by atoms with Gasteiger partial charge >= 0.3 is 0 Å². The number of aryl methyl sites for hydroxylation is 1. The van der Waals surface area contributed by atoms with Crippen LogP contribution in [0.15, 0.2) is 23.4 Å². The summed E-state index contributed by atoms with van der Waals surface area (Å²) in [6.07, 6.45) is 5.30. The molecule has 0 aliphatic carbocycles. The summed E-state index contributed by atoms with van der Waals surface area (Å²) in [5.74, 6) is 0. The highest BCUT2D eigenvalue weighted by Crippen LogP contribution is 2.25. The van der Waals surface area contributed by atoms with Crippen molar-refractivity contribution in [2.45, 2.75) is 23.8 Å². The minimum absolute atomic E-state index is 0.0882. The fourth-order valence-electron chi connectivity index (χ4n) is 2.33. The molecule has 1 aliphatic heterocycles. The molecule has 17 heavy (non-hydrogen) atoms. The number of hydrogen-bond donors (Lipinski definition) is 1. The van der Waals surface area contributed by atoms with E-state index in [-0.39, 0.29) is 6.04 Å². The number of nitrogens with zero attached hydrogens (tertiary/aromatic N) is 2. The van der Waals surface area contributed by atoms with Gasteiger partial charge in [0, 0.05) is 38.6 Å². The number of aromatic nitrogens is 1. The van der Waals surface area contributed by atoms with Crippen LogP contribution in [0.4, 0.5) is 0 Å². The molecule has 2 heterocycles. The number of nitrogens with one attached hydrogen (secondary N) is 1. The van der Waals surface area contributed by atoms with Crippen LogP contribution in [0.25, 0.3) is 0 Å². The summed E-state index contributed by atoms with van der Waals surface area (Å²) in [6.45, 7) is 1.34. The summed E-state index contributed by atoms with van der Waals surface area (Å²) < 4.78 is 28.2. The summed E-state index contributed by atoms with van der Waals surface area (Å²) in [4.78, 5) is 0.392. The van der Waals surface area contributed by atoms with Crippen molar-refractivity contribution in [2.75, 3.05) is 20.1 Å². The fraction of sp³-hybridized carbons (Fsp3) is 0.636. The van der Waals surface area contributed by atoms with Gasteiger partial charge in [0.1, 0.15) is 0 Å². The number of rotatable bonds is 4. The van der Waals surface area contributed by atoms with E-state index in [1.54, 1.807) is 27.3 Å². The Labute approximate surface area is 102 Å². The monoisotopic (exact) mass is 257 g/mol. The summed E-state index contributed by atoms with van der Waals surface area (Å²) >= 11 is 0. The Morgan fingerprint density at radius 3 is 2.88 bits per heavy atom. The Morgan fingerprint density at radius 2 is 2.29 bits per heavy atom. The normalized spacial score (nSPS) is 22.1. The lowest BCUT2D eigenvalue weighted by Gasteiger charge is -2.23. The SMILES string of the molecule is CNCC1CCCN1S(=O)(=O)c1ccn(C)c1. The Balaban J connectivity index is 2.26. The molecule has 1 aliphatic rings. The average Bonchev–Trinajstić information content (AvgIpc) is 2.87. The Hall–Kier alpha value is -0.850. The molecule has 5 nitrogen and oxygen atoms in total. The molecule has 6 heteroatoms. The van der Waals surface area contributed by atoms with Crippen molar-refractivity contribution in [3.05, 3.63) is 18.5 Å². The predicted molar refractivity (Wildman–Crippen MR) is 66.3 cm³/mol. The molecular weight excluding hydrogens is 238 g/mol. The Morgan fingerprint density at radius 1 is 1.53 bits per heavy atom. The third kappa shape index (κ3) is 2.38. The average molecular weight is 257 g/mol. The van der Waals surface area contributed by atoms with E-state index < -0.39 is 10.0 Å². The molecule has 1 unspecified atom stereocenters. The van der Waals surface area contributed by atoms with Crippen LogP contribution in [0.5, 0.6) is 0 Å². The number of likely N-dealkylation sites (N-methyl/N-ethyl adjacent to an activating group) is 1. The fourth-order valence-corrected chi connectivity index (χ4v) is 4.08. The molecule has 1 atom stereocenters. The summed E-state index contributed by atoms with van der Waals surface area (Å²) in [5, 5.41) is 3.06. The van der Waals surface area contributed by atoms with Crippen LogP contribution in [0.3, 0.4) is 0 Å². The van der Waals surface area contributed by atoms with Crippen molar-refractivity contribution in [3.8, 4) is 0 Å². The van der Waals surface area contributed by atoms with Crippen LogP contribution in [0.1, 0.15) is 12.8 Å². The van der Waals surface area contributed by atoms with Crippen LogP contribution in [0, 0.1) is 0 Å². The van der Waals surface area contributed by atoms with Gasteiger partial charge in [0.25, 0.3) is 0 Å². The van der Waals surface area contributed by atoms with Crippen molar-refractivity contribution in [2.24, 2.45) is 7.05 Å². The highest BCUT2D eigenvalue weighted by Gasteiger charge is 2.34. The lowest BCUT2D eigenvalue weighted by atomic mass is 10.2. The van der Waals surface area contributed by atoms with E-state index in [4.69, 9.17) is 0 Å². The first-order valence-corrected chi connectivity index (χ1v) is 7.28. The van der Waals surface area contributed by atoms with Crippen molar-refractivity contribution in [3.63, 3.8) is 0 Å². The van der Waals surface area contributed by atoms with E-state index in [0.29, 0.717) is 18.0 Å². The van der Waals surface area contributed by atoms with Crippen LogP contribution < -0.4 is 5.32 Å². The van der Waals surface area contributed by atoms with Gasteiger partial charge in [0.2, 0.25) is 10.0 Å². The van der Waals surface area contributed by atoms with Crippen LogP contribution in [-0.4, -0.2) is 43.5 Å². The van der Waals surface area contributed by atoms with Gasteiger partial charge in [-0.25, -0.2) is 8.42 Å². The molecule has 0 bridgehead atoms. The van der Waals surface area contributed by atoms with Crippen molar-refractivity contribution in [1.82, 2.24) is 14.2 Å². The first-order chi connectivity index (χ1) is 8.05. The number of sulfonamides is 1. The second-order valence-corrected chi connectivity index (χ2v) is 6.37. The molecule has 1 saturated heterocycles. The first kappa shape index (κ1) is 12.6. The van der Waals surface area contributed by atoms with E-state index in [1.165, 1.54) is 0 Å². The maximum absolute atomic E-state index is 12.4. The van der Waals surface area contributed by atoms with Gasteiger partial charge in [-0.15, -0.1) is 0 Å². The van der Waals surface area contributed by atoms with Gasteiger partial charge < -0.3 is 9.88 Å². The molecule has 0 radical (unpaired) electrons. The molecule has 0 amide bonds. The third-order valence-corrected chi connectivity index (χ3v) is 5.11. The highest BCUT2D eigenvalue weighted by atomic mass is 32.2. The quantitative estimate of drug-likeness (QED) is 0.849. The van der Waals surface area contributed by atoms with Gasteiger partial charge in [-0.2, -0.15) is 4.31 Å². The first-order valence-electron chi connectivity index (χ1n) is 5.84. The largest absolute Gasteiger partial charge is 0.356 e. The minimum atomic E-state index is -3.32. The topological polar surface area (TPSA) is 54.3 Å². The van der Waals surface area contributed by atoms with E-state index in [1.807, 2.05) is 14.1 Å². The second-order valence-electron chi connectivity index (χ2n) is 4.48. The van der Waals surface area contributed by atoms with Gasteiger partial charge in [0.15, 0.2) is 0 Å². The number of hydrogen-bond acceptors (Lipinski definition) is 3. The van der Waals surface area contributed by atoms with E-state index in [2.05, 4.69) is 5.32 Å².